The number of hydrogen-bond donors (Lipinski definition) is 1. The van der Waals surface area contributed by atoms with Gasteiger partial charge in [-0.1, -0.05) is 32.1 Å². The maximum absolute atomic E-state index is 12.7. The first kappa shape index (κ1) is 19.2. The van der Waals surface area contributed by atoms with Gasteiger partial charge in [-0.3, -0.25) is 0 Å². The number of rotatable bonds is 5. The second-order valence-electron chi connectivity index (χ2n) is 7.85. The van der Waals surface area contributed by atoms with Gasteiger partial charge in [-0.15, -0.1) is 5.10 Å². The fourth-order valence-electron chi connectivity index (χ4n) is 2.92. The molecule has 3 heterocycles. The first-order chi connectivity index (χ1) is 13.2. The van der Waals surface area contributed by atoms with Crippen molar-refractivity contribution in [2.45, 2.75) is 37.1 Å². The van der Waals surface area contributed by atoms with Crippen LogP contribution in [0.2, 0.25) is 0 Å². The number of nitrogens with one attached hydrogen (secondary N) is 1. The standard InChI is InChI=1S/C18H23N5O3S2/c1-18(2,3)15-11-23-17(20-15)27-16(21-23)19-12-9-22(10-12)28(24,25)14-7-5-13(26-4)6-8-14/h5-8,11-12H,9-10H2,1-4H3,(H,19,21). The second-order valence-corrected chi connectivity index (χ2v) is 10.7. The molecular formula is C18H23N5O3S2. The van der Waals surface area contributed by atoms with Crippen LogP contribution in [0.3, 0.4) is 0 Å². The minimum atomic E-state index is -3.48. The lowest BCUT2D eigenvalue weighted by Gasteiger charge is -2.38. The van der Waals surface area contributed by atoms with Crippen LogP contribution in [0.4, 0.5) is 5.13 Å². The minimum absolute atomic E-state index is 0.0225. The van der Waals surface area contributed by atoms with Crippen molar-refractivity contribution in [2.75, 3.05) is 25.5 Å². The van der Waals surface area contributed by atoms with Gasteiger partial charge in [-0.25, -0.2) is 17.9 Å². The summed E-state index contributed by atoms with van der Waals surface area (Å²) in [4.78, 5) is 5.73. The summed E-state index contributed by atoms with van der Waals surface area (Å²) in [5.74, 6) is 0.630. The van der Waals surface area contributed by atoms with Gasteiger partial charge in [-0.2, -0.15) is 4.31 Å². The van der Waals surface area contributed by atoms with Crippen molar-refractivity contribution < 1.29 is 13.2 Å². The molecule has 8 nitrogen and oxygen atoms in total. The van der Waals surface area contributed by atoms with Gasteiger partial charge in [0, 0.05) is 18.5 Å². The van der Waals surface area contributed by atoms with Crippen LogP contribution in [0.1, 0.15) is 26.5 Å². The van der Waals surface area contributed by atoms with Crippen molar-refractivity contribution >= 4 is 31.5 Å². The molecule has 0 aliphatic carbocycles. The molecule has 1 aliphatic heterocycles. The van der Waals surface area contributed by atoms with E-state index in [2.05, 4.69) is 36.2 Å². The van der Waals surface area contributed by atoms with Crippen molar-refractivity contribution in [2.24, 2.45) is 0 Å². The third-order valence-electron chi connectivity index (χ3n) is 4.68. The lowest BCUT2D eigenvalue weighted by molar-refractivity contribution is 0.280. The number of hydrogen-bond acceptors (Lipinski definition) is 7. The van der Waals surface area contributed by atoms with Gasteiger partial charge in [-0.05, 0) is 24.3 Å². The van der Waals surface area contributed by atoms with Crippen LogP contribution in [0.5, 0.6) is 5.75 Å². The summed E-state index contributed by atoms with van der Waals surface area (Å²) in [6.07, 6.45) is 1.94. The smallest absolute Gasteiger partial charge is 0.243 e. The molecule has 0 unspecified atom stereocenters. The Morgan fingerprint density at radius 2 is 1.89 bits per heavy atom. The van der Waals surface area contributed by atoms with E-state index in [-0.39, 0.29) is 16.4 Å². The van der Waals surface area contributed by atoms with Gasteiger partial charge in [0.25, 0.3) is 0 Å². The molecule has 2 aromatic heterocycles. The molecule has 1 saturated heterocycles. The molecule has 1 aromatic carbocycles. The number of nitrogens with zero attached hydrogens (tertiary/aromatic N) is 4. The number of aromatic nitrogens is 3. The van der Waals surface area contributed by atoms with Crippen LogP contribution in [0.15, 0.2) is 35.4 Å². The average molecular weight is 422 g/mol. The van der Waals surface area contributed by atoms with E-state index in [1.54, 1.807) is 35.9 Å². The Morgan fingerprint density at radius 3 is 2.46 bits per heavy atom. The monoisotopic (exact) mass is 421 g/mol. The molecule has 0 amide bonds. The summed E-state index contributed by atoms with van der Waals surface area (Å²) in [7, 11) is -1.93. The summed E-state index contributed by atoms with van der Waals surface area (Å²) >= 11 is 1.47. The molecule has 0 atom stereocenters. The molecule has 4 rings (SSSR count). The Balaban J connectivity index is 1.39. The van der Waals surface area contributed by atoms with Gasteiger partial charge in [0.15, 0.2) is 0 Å². The lowest BCUT2D eigenvalue weighted by atomic mass is 9.93. The molecule has 1 fully saturated rings. The van der Waals surface area contributed by atoms with Crippen molar-refractivity contribution in [1.29, 1.82) is 0 Å². The number of methoxy groups -OCH3 is 1. The fraction of sp³-hybridized carbons (Fsp3) is 0.444. The molecule has 0 radical (unpaired) electrons. The average Bonchev–Trinajstić information content (AvgIpc) is 3.16. The van der Waals surface area contributed by atoms with Crippen LogP contribution in [0.25, 0.3) is 4.96 Å². The van der Waals surface area contributed by atoms with E-state index in [1.165, 1.54) is 15.6 Å². The van der Waals surface area contributed by atoms with Gasteiger partial charge in [0.2, 0.25) is 20.1 Å². The van der Waals surface area contributed by atoms with E-state index in [9.17, 15) is 8.42 Å². The highest BCUT2D eigenvalue weighted by molar-refractivity contribution is 7.89. The van der Waals surface area contributed by atoms with E-state index >= 15 is 0 Å². The van der Waals surface area contributed by atoms with Gasteiger partial charge in [0.05, 0.1) is 29.9 Å². The highest BCUT2D eigenvalue weighted by Gasteiger charge is 2.37. The third kappa shape index (κ3) is 3.47. The highest BCUT2D eigenvalue weighted by atomic mass is 32.2. The normalized spacial score (nSPS) is 16.3. The first-order valence-corrected chi connectivity index (χ1v) is 11.2. The minimum Gasteiger partial charge on any atom is -0.497 e. The van der Waals surface area contributed by atoms with Crippen molar-refractivity contribution in [3.05, 3.63) is 36.2 Å². The quantitative estimate of drug-likeness (QED) is 0.681. The zero-order valence-corrected chi connectivity index (χ0v) is 17.8. The molecule has 0 bridgehead atoms. The zero-order chi connectivity index (χ0) is 20.1. The maximum Gasteiger partial charge on any atom is 0.243 e. The Morgan fingerprint density at radius 1 is 1.21 bits per heavy atom. The molecule has 1 N–H and O–H groups in total. The number of fused-ring (bicyclic) bond motifs is 1. The Bertz CT molecular complexity index is 1060. The number of sulfonamides is 1. The topological polar surface area (TPSA) is 88.8 Å². The highest BCUT2D eigenvalue weighted by Crippen LogP contribution is 2.28. The number of ether oxygens (including phenoxy) is 1. The first-order valence-electron chi connectivity index (χ1n) is 8.94. The van der Waals surface area contributed by atoms with E-state index < -0.39 is 10.0 Å². The fourth-order valence-corrected chi connectivity index (χ4v) is 5.31. The van der Waals surface area contributed by atoms with E-state index in [0.717, 1.165) is 15.8 Å². The van der Waals surface area contributed by atoms with E-state index in [4.69, 9.17) is 4.74 Å². The van der Waals surface area contributed by atoms with Crippen LogP contribution in [-0.2, 0) is 15.4 Å². The summed E-state index contributed by atoms with van der Waals surface area (Å²) in [5.41, 5.74) is 0.976. The summed E-state index contributed by atoms with van der Waals surface area (Å²) in [6, 6.07) is 6.47. The summed E-state index contributed by atoms with van der Waals surface area (Å²) in [6.45, 7) is 7.16. The van der Waals surface area contributed by atoms with Crippen molar-refractivity contribution in [3.63, 3.8) is 0 Å². The van der Waals surface area contributed by atoms with Crippen LogP contribution in [-0.4, -0.2) is 53.6 Å². The molecule has 28 heavy (non-hydrogen) atoms. The van der Waals surface area contributed by atoms with E-state index in [1.807, 2.05) is 6.20 Å². The molecule has 0 spiro atoms. The molecule has 1 aliphatic rings. The molecule has 0 saturated carbocycles. The van der Waals surface area contributed by atoms with Crippen molar-refractivity contribution in [3.8, 4) is 5.75 Å². The maximum atomic E-state index is 12.7. The van der Waals surface area contributed by atoms with Crippen LogP contribution < -0.4 is 10.1 Å². The molecular weight excluding hydrogens is 398 g/mol. The molecule has 3 aromatic rings. The van der Waals surface area contributed by atoms with E-state index in [0.29, 0.717) is 18.8 Å². The van der Waals surface area contributed by atoms with Crippen molar-refractivity contribution in [1.82, 2.24) is 18.9 Å². The Hall–Kier alpha value is -2.17. The van der Waals surface area contributed by atoms with Crippen LogP contribution in [0, 0.1) is 0 Å². The van der Waals surface area contributed by atoms with Gasteiger partial charge >= 0.3 is 0 Å². The third-order valence-corrected chi connectivity index (χ3v) is 7.38. The Kier molecular flexibility index (Phi) is 4.59. The number of imidazole rings is 1. The number of benzene rings is 1. The number of anilines is 1. The SMILES string of the molecule is COc1ccc(S(=O)(=O)N2CC(Nc3nn4cc(C(C)(C)C)nc4s3)C2)cc1. The summed E-state index contributed by atoms with van der Waals surface area (Å²) < 4.78 is 33.7. The predicted molar refractivity (Wildman–Crippen MR) is 109 cm³/mol. The predicted octanol–water partition coefficient (Wildman–Crippen LogP) is 2.58. The molecule has 150 valence electrons. The largest absolute Gasteiger partial charge is 0.497 e. The molecule has 10 heteroatoms. The summed E-state index contributed by atoms with van der Waals surface area (Å²) in [5, 5.41) is 8.56. The van der Waals surface area contributed by atoms with Crippen LogP contribution >= 0.6 is 11.3 Å². The van der Waals surface area contributed by atoms with Gasteiger partial charge in [0.1, 0.15) is 5.75 Å². The van der Waals surface area contributed by atoms with Gasteiger partial charge < -0.3 is 10.1 Å². The Labute approximate surface area is 168 Å². The lowest BCUT2D eigenvalue weighted by Crippen LogP contribution is -2.56. The zero-order valence-electron chi connectivity index (χ0n) is 16.2. The second kappa shape index (κ2) is 6.71.